The van der Waals surface area contributed by atoms with E-state index < -0.39 is 11.2 Å². The normalized spacial score (nSPS) is 12.4. The summed E-state index contributed by atoms with van der Waals surface area (Å²) in [7, 11) is 0. The molecule has 1 rings (SSSR count). The quantitative estimate of drug-likeness (QED) is 0.596. The first-order chi connectivity index (χ1) is 6.74. The lowest BCUT2D eigenvalue weighted by molar-refractivity contribution is -0.136. The molecular weight excluding hydrogens is 200 g/mol. The summed E-state index contributed by atoms with van der Waals surface area (Å²) in [6.45, 7) is 1.97. The molecule has 1 aromatic rings. The lowest BCUT2D eigenvalue weighted by Crippen LogP contribution is -2.15. The minimum absolute atomic E-state index is 0.408. The van der Waals surface area contributed by atoms with Gasteiger partial charge in [-0.1, -0.05) is 25.1 Å². The fourth-order valence-corrected chi connectivity index (χ4v) is 1.98. The number of hydrogen-bond acceptors (Lipinski definition) is 4. The molecule has 0 aromatic carbocycles. The maximum absolute atomic E-state index is 10.8. The molecule has 0 saturated carbocycles. The van der Waals surface area contributed by atoms with Gasteiger partial charge in [0.1, 0.15) is 16.6 Å². The largest absolute Gasteiger partial charge is 0.480 e. The Morgan fingerprint density at radius 3 is 3.00 bits per heavy atom. The summed E-state index contributed by atoms with van der Waals surface area (Å²) in [6, 6.07) is 1.72. The Balaban J connectivity index is 2.60. The molecule has 0 radical (unpaired) electrons. The Hall–Kier alpha value is -1.10. The third kappa shape index (κ3) is 3.33. The van der Waals surface area contributed by atoms with E-state index in [0.29, 0.717) is 11.4 Å². The first-order valence-corrected chi connectivity index (χ1v) is 5.27. The SMILES string of the molecule is CCCC(Sc1ccncn1)C(=O)O. The first-order valence-electron chi connectivity index (χ1n) is 4.39. The van der Waals surface area contributed by atoms with E-state index in [9.17, 15) is 4.79 Å². The molecule has 0 amide bonds. The standard InChI is InChI=1S/C9H12N2O2S/c1-2-3-7(9(12)13)14-8-4-5-10-6-11-8/h4-7H,2-3H2,1H3,(H,12,13). The van der Waals surface area contributed by atoms with Crippen LogP contribution in [0.3, 0.4) is 0 Å². The van der Waals surface area contributed by atoms with Crippen molar-refractivity contribution in [1.82, 2.24) is 9.97 Å². The average Bonchev–Trinajstić information content (AvgIpc) is 2.18. The minimum Gasteiger partial charge on any atom is -0.480 e. The highest BCUT2D eigenvalue weighted by Crippen LogP contribution is 2.23. The second-order valence-corrected chi connectivity index (χ2v) is 4.00. The van der Waals surface area contributed by atoms with Crippen LogP contribution in [0, 0.1) is 0 Å². The van der Waals surface area contributed by atoms with Gasteiger partial charge in [-0.2, -0.15) is 0 Å². The number of thioether (sulfide) groups is 1. The third-order valence-corrected chi connectivity index (χ3v) is 2.85. The van der Waals surface area contributed by atoms with E-state index in [-0.39, 0.29) is 0 Å². The van der Waals surface area contributed by atoms with Crippen molar-refractivity contribution in [2.45, 2.75) is 30.0 Å². The zero-order valence-corrected chi connectivity index (χ0v) is 8.70. The van der Waals surface area contributed by atoms with Crippen LogP contribution in [0.25, 0.3) is 0 Å². The zero-order valence-electron chi connectivity index (χ0n) is 7.88. The Morgan fingerprint density at radius 2 is 2.50 bits per heavy atom. The van der Waals surface area contributed by atoms with Crippen LogP contribution in [0.4, 0.5) is 0 Å². The molecule has 76 valence electrons. The molecule has 0 bridgehead atoms. The zero-order chi connectivity index (χ0) is 10.4. The lowest BCUT2D eigenvalue weighted by atomic mass is 10.2. The molecule has 0 spiro atoms. The van der Waals surface area contributed by atoms with Crippen molar-refractivity contribution >= 4 is 17.7 Å². The summed E-state index contributed by atoms with van der Waals surface area (Å²) in [5, 5.41) is 9.20. The van der Waals surface area contributed by atoms with Crippen molar-refractivity contribution in [2.24, 2.45) is 0 Å². The van der Waals surface area contributed by atoms with E-state index in [1.54, 1.807) is 12.3 Å². The molecule has 1 heterocycles. The van der Waals surface area contributed by atoms with Crippen molar-refractivity contribution in [1.29, 1.82) is 0 Å². The molecule has 1 aromatic heterocycles. The van der Waals surface area contributed by atoms with Crippen LogP contribution in [-0.2, 0) is 4.79 Å². The smallest absolute Gasteiger partial charge is 0.317 e. The Labute approximate surface area is 86.8 Å². The summed E-state index contributed by atoms with van der Waals surface area (Å²) < 4.78 is 0. The first kappa shape index (κ1) is 11.0. The van der Waals surface area contributed by atoms with Crippen LogP contribution in [-0.4, -0.2) is 26.3 Å². The van der Waals surface area contributed by atoms with Gasteiger partial charge in [0.15, 0.2) is 0 Å². The van der Waals surface area contributed by atoms with Crippen LogP contribution in [0.2, 0.25) is 0 Å². The van der Waals surface area contributed by atoms with Gasteiger partial charge in [-0.15, -0.1) is 0 Å². The predicted octanol–water partition coefficient (Wildman–Crippen LogP) is 1.82. The van der Waals surface area contributed by atoms with Crippen LogP contribution in [0.1, 0.15) is 19.8 Å². The Kier molecular flexibility index (Phi) is 4.39. The van der Waals surface area contributed by atoms with Gasteiger partial charge >= 0.3 is 5.97 Å². The highest BCUT2D eigenvalue weighted by molar-refractivity contribution is 8.00. The highest BCUT2D eigenvalue weighted by atomic mass is 32.2. The maximum atomic E-state index is 10.8. The van der Waals surface area contributed by atoms with Gasteiger partial charge in [0, 0.05) is 6.20 Å². The molecule has 4 nitrogen and oxygen atoms in total. The highest BCUT2D eigenvalue weighted by Gasteiger charge is 2.17. The van der Waals surface area contributed by atoms with Crippen molar-refractivity contribution in [2.75, 3.05) is 0 Å². The predicted molar refractivity (Wildman–Crippen MR) is 54.2 cm³/mol. The second-order valence-electron chi connectivity index (χ2n) is 2.78. The van der Waals surface area contributed by atoms with Gasteiger partial charge < -0.3 is 5.11 Å². The van der Waals surface area contributed by atoms with Crippen molar-refractivity contribution < 1.29 is 9.90 Å². The number of nitrogens with zero attached hydrogens (tertiary/aromatic N) is 2. The van der Waals surface area contributed by atoms with Gasteiger partial charge in [-0.25, -0.2) is 9.97 Å². The number of aromatic nitrogens is 2. The van der Waals surface area contributed by atoms with Crippen LogP contribution in [0.5, 0.6) is 0 Å². The molecular formula is C9H12N2O2S. The molecule has 0 aliphatic carbocycles. The molecule has 0 saturated heterocycles. The number of carboxylic acid groups (broad SMARTS) is 1. The summed E-state index contributed by atoms with van der Waals surface area (Å²) in [6.07, 6.45) is 4.55. The van der Waals surface area contributed by atoms with Crippen LogP contribution in [0.15, 0.2) is 23.6 Å². The fraction of sp³-hybridized carbons (Fsp3) is 0.444. The van der Waals surface area contributed by atoms with Gasteiger partial charge in [0.05, 0.1) is 0 Å². The van der Waals surface area contributed by atoms with E-state index in [1.165, 1.54) is 18.1 Å². The molecule has 1 atom stereocenters. The fourth-order valence-electron chi connectivity index (χ4n) is 0.989. The van der Waals surface area contributed by atoms with Crippen LogP contribution >= 0.6 is 11.8 Å². The minimum atomic E-state index is -0.782. The maximum Gasteiger partial charge on any atom is 0.317 e. The van der Waals surface area contributed by atoms with Crippen molar-refractivity contribution in [3.05, 3.63) is 18.6 Å². The molecule has 0 aliphatic heterocycles. The second kappa shape index (κ2) is 5.59. The summed E-state index contributed by atoms with van der Waals surface area (Å²) in [5.74, 6) is -0.782. The number of aliphatic carboxylic acids is 1. The molecule has 1 unspecified atom stereocenters. The number of carboxylic acids is 1. The summed E-state index contributed by atoms with van der Waals surface area (Å²) in [5.41, 5.74) is 0. The molecule has 1 N–H and O–H groups in total. The topological polar surface area (TPSA) is 63.1 Å². The van der Waals surface area contributed by atoms with E-state index in [4.69, 9.17) is 5.11 Å². The average molecular weight is 212 g/mol. The van der Waals surface area contributed by atoms with E-state index >= 15 is 0 Å². The number of hydrogen-bond donors (Lipinski definition) is 1. The van der Waals surface area contributed by atoms with Gasteiger partial charge in [-0.05, 0) is 12.5 Å². The van der Waals surface area contributed by atoms with E-state index in [1.807, 2.05) is 6.92 Å². The molecule has 5 heteroatoms. The number of rotatable bonds is 5. The van der Waals surface area contributed by atoms with Gasteiger partial charge in [0.2, 0.25) is 0 Å². The van der Waals surface area contributed by atoms with E-state index in [0.717, 1.165) is 6.42 Å². The van der Waals surface area contributed by atoms with Crippen molar-refractivity contribution in [3.8, 4) is 0 Å². The van der Waals surface area contributed by atoms with E-state index in [2.05, 4.69) is 9.97 Å². The Morgan fingerprint density at radius 1 is 1.71 bits per heavy atom. The third-order valence-electron chi connectivity index (χ3n) is 1.64. The number of carbonyl (C=O) groups is 1. The monoisotopic (exact) mass is 212 g/mol. The lowest BCUT2D eigenvalue weighted by Gasteiger charge is -2.08. The van der Waals surface area contributed by atoms with Gasteiger partial charge in [0.25, 0.3) is 0 Å². The Bertz CT molecular complexity index is 292. The molecule has 14 heavy (non-hydrogen) atoms. The molecule has 0 aliphatic rings. The summed E-state index contributed by atoms with van der Waals surface area (Å²) >= 11 is 1.27. The summed E-state index contributed by atoms with van der Waals surface area (Å²) in [4.78, 5) is 18.6. The van der Waals surface area contributed by atoms with Gasteiger partial charge in [-0.3, -0.25) is 4.79 Å². The van der Waals surface area contributed by atoms with Crippen molar-refractivity contribution in [3.63, 3.8) is 0 Å². The molecule has 0 fully saturated rings. The van der Waals surface area contributed by atoms with Crippen LogP contribution < -0.4 is 0 Å².